The van der Waals surface area contributed by atoms with E-state index in [-0.39, 0.29) is 22.8 Å². The van der Waals surface area contributed by atoms with Crippen molar-refractivity contribution < 1.29 is 24.2 Å². The molecule has 0 aliphatic rings. The Morgan fingerprint density at radius 3 is 1.63 bits per heavy atom. The van der Waals surface area contributed by atoms with Crippen LogP contribution in [0.1, 0.15) is 92.8 Å². The van der Waals surface area contributed by atoms with Gasteiger partial charge >= 0.3 is 11.9 Å². The molecule has 218 valence electrons. The molecule has 3 aromatic rings. The number of nitrogens with zero attached hydrogens (tertiary/aromatic N) is 2. The minimum absolute atomic E-state index is 0.263. The van der Waals surface area contributed by atoms with Gasteiger partial charge in [-0.3, -0.25) is 0 Å². The highest BCUT2D eigenvalue weighted by atomic mass is 16.5. The van der Waals surface area contributed by atoms with E-state index in [2.05, 4.69) is 46.5 Å². The molecule has 0 saturated carbocycles. The number of aromatic hydroxyl groups is 1. The molecule has 3 aromatic carbocycles. The first kappa shape index (κ1) is 31.4. The number of carbonyl (C=O) groups is 2. The van der Waals surface area contributed by atoms with Crippen LogP contribution >= 0.6 is 0 Å². The highest BCUT2D eigenvalue weighted by molar-refractivity contribution is 5.91. The van der Waals surface area contributed by atoms with E-state index in [0.717, 1.165) is 22.4 Å². The van der Waals surface area contributed by atoms with Gasteiger partial charge in [-0.2, -0.15) is 0 Å². The van der Waals surface area contributed by atoms with Crippen LogP contribution in [0.25, 0.3) is 0 Å². The van der Waals surface area contributed by atoms with Crippen LogP contribution in [-0.4, -0.2) is 36.6 Å². The summed E-state index contributed by atoms with van der Waals surface area (Å²) in [5.41, 5.74) is 4.67. The molecular formula is C34H42N2O5. The molecule has 7 nitrogen and oxygen atoms in total. The Balaban J connectivity index is 2.04. The number of benzene rings is 3. The quantitative estimate of drug-likeness (QED) is 0.164. The fourth-order valence-corrected chi connectivity index (χ4v) is 4.36. The molecule has 0 heterocycles. The van der Waals surface area contributed by atoms with Crippen molar-refractivity contribution in [3.05, 3.63) is 88.5 Å². The number of esters is 2. The van der Waals surface area contributed by atoms with Crippen molar-refractivity contribution in [3.63, 3.8) is 0 Å². The summed E-state index contributed by atoms with van der Waals surface area (Å²) in [6.07, 6.45) is 1.74. The lowest BCUT2D eigenvalue weighted by Gasteiger charge is -2.29. The monoisotopic (exact) mass is 558 g/mol. The first-order chi connectivity index (χ1) is 19.2. The number of anilines is 1. The number of ether oxygens (including phenoxy) is 2. The highest BCUT2D eigenvalue weighted by Gasteiger charge is 2.27. The van der Waals surface area contributed by atoms with Gasteiger partial charge in [0.15, 0.2) is 0 Å². The maximum absolute atomic E-state index is 12.2. The molecule has 0 aliphatic carbocycles. The van der Waals surface area contributed by atoms with E-state index in [4.69, 9.17) is 9.47 Å². The first-order valence-corrected chi connectivity index (χ1v) is 14.0. The van der Waals surface area contributed by atoms with Gasteiger partial charge in [-0.15, -0.1) is 0 Å². The molecule has 7 heteroatoms. The zero-order chi connectivity index (χ0) is 30.4. The van der Waals surface area contributed by atoms with Gasteiger partial charge in [-0.05, 0) is 102 Å². The van der Waals surface area contributed by atoms with Crippen molar-refractivity contribution in [1.82, 2.24) is 0 Å². The summed E-state index contributed by atoms with van der Waals surface area (Å²) in [6, 6.07) is 18.2. The van der Waals surface area contributed by atoms with Crippen LogP contribution in [0.5, 0.6) is 5.75 Å². The molecule has 0 amide bonds. The predicted octanol–water partition coefficient (Wildman–Crippen LogP) is 7.71. The Morgan fingerprint density at radius 1 is 0.780 bits per heavy atom. The minimum Gasteiger partial charge on any atom is -0.507 e. The molecule has 0 atom stereocenters. The van der Waals surface area contributed by atoms with Gasteiger partial charge in [-0.1, -0.05) is 41.5 Å². The van der Waals surface area contributed by atoms with E-state index < -0.39 is 0 Å². The molecule has 0 aromatic heterocycles. The van der Waals surface area contributed by atoms with Crippen LogP contribution < -0.4 is 4.90 Å². The third kappa shape index (κ3) is 8.19. The van der Waals surface area contributed by atoms with E-state index in [1.54, 1.807) is 56.6 Å². The van der Waals surface area contributed by atoms with Gasteiger partial charge in [0.25, 0.3) is 0 Å². The SMILES string of the molecule is CCOC(=O)c1ccc(N=CN(Cc2cc(C(C)(C)C)c(O)c(C(C)(C)C)c2)c2ccc(C(=O)OCC)cc2)cc1. The summed E-state index contributed by atoms with van der Waals surface area (Å²) in [6.45, 7) is 17.2. The standard InChI is InChI=1S/C34H42N2O5/c1-9-40-31(38)24-11-15-26(16-12-24)35-22-36(27-17-13-25(14-18-27)32(39)41-10-2)21-23-19-28(33(3,4)5)30(37)29(20-23)34(6,7)8/h11-20,22,37H,9-10,21H2,1-8H3. The number of hydrogen-bond acceptors (Lipinski definition) is 6. The lowest BCUT2D eigenvalue weighted by molar-refractivity contribution is 0.0517. The van der Waals surface area contributed by atoms with Gasteiger partial charge in [0, 0.05) is 12.2 Å². The molecule has 41 heavy (non-hydrogen) atoms. The Kier molecular flexibility index (Phi) is 9.97. The molecule has 0 fully saturated rings. The van der Waals surface area contributed by atoms with E-state index in [1.165, 1.54) is 0 Å². The van der Waals surface area contributed by atoms with Crippen LogP contribution in [0, 0.1) is 0 Å². The summed E-state index contributed by atoms with van der Waals surface area (Å²) in [7, 11) is 0. The van der Waals surface area contributed by atoms with Crippen LogP contribution in [0.15, 0.2) is 65.7 Å². The van der Waals surface area contributed by atoms with E-state index in [9.17, 15) is 14.7 Å². The van der Waals surface area contributed by atoms with Crippen molar-refractivity contribution in [3.8, 4) is 5.75 Å². The number of hydrogen-bond donors (Lipinski definition) is 1. The van der Waals surface area contributed by atoms with Crippen LogP contribution in [0.3, 0.4) is 0 Å². The van der Waals surface area contributed by atoms with Crippen molar-refractivity contribution in [2.45, 2.75) is 72.8 Å². The predicted molar refractivity (Wildman–Crippen MR) is 165 cm³/mol. The number of phenols is 1. The molecule has 1 N–H and O–H groups in total. The average Bonchev–Trinajstić information content (AvgIpc) is 2.91. The fourth-order valence-electron chi connectivity index (χ4n) is 4.36. The molecule has 0 aliphatic heterocycles. The van der Waals surface area contributed by atoms with Gasteiger partial charge < -0.3 is 19.5 Å². The summed E-state index contributed by atoms with van der Waals surface area (Å²) >= 11 is 0. The van der Waals surface area contributed by atoms with Gasteiger partial charge in [-0.25, -0.2) is 14.6 Å². The second-order valence-electron chi connectivity index (χ2n) is 11.9. The Hall–Kier alpha value is -4.13. The Labute approximate surface area is 243 Å². The van der Waals surface area contributed by atoms with Crippen LogP contribution in [-0.2, 0) is 26.8 Å². The van der Waals surface area contributed by atoms with E-state index >= 15 is 0 Å². The molecule has 3 rings (SSSR count). The van der Waals surface area contributed by atoms with Crippen molar-refractivity contribution in [1.29, 1.82) is 0 Å². The zero-order valence-corrected chi connectivity index (χ0v) is 25.4. The summed E-state index contributed by atoms with van der Waals surface area (Å²) < 4.78 is 10.2. The third-order valence-corrected chi connectivity index (χ3v) is 6.57. The number of carbonyl (C=O) groups excluding carboxylic acids is 2. The van der Waals surface area contributed by atoms with Crippen LogP contribution in [0.4, 0.5) is 11.4 Å². The summed E-state index contributed by atoms with van der Waals surface area (Å²) in [4.78, 5) is 30.9. The topological polar surface area (TPSA) is 88.4 Å². The maximum Gasteiger partial charge on any atom is 0.338 e. The molecular weight excluding hydrogens is 516 g/mol. The molecule has 0 radical (unpaired) electrons. The lowest BCUT2D eigenvalue weighted by atomic mass is 9.78. The minimum atomic E-state index is -0.372. The Morgan fingerprint density at radius 2 is 1.22 bits per heavy atom. The van der Waals surface area contributed by atoms with E-state index in [1.807, 2.05) is 29.2 Å². The maximum atomic E-state index is 12.2. The molecule has 0 saturated heterocycles. The normalized spacial score (nSPS) is 11.9. The average molecular weight is 559 g/mol. The molecule has 0 unspecified atom stereocenters. The highest BCUT2D eigenvalue weighted by Crippen LogP contribution is 2.40. The zero-order valence-electron chi connectivity index (χ0n) is 25.4. The lowest BCUT2D eigenvalue weighted by Crippen LogP contribution is -2.23. The Bertz CT molecular complexity index is 1340. The summed E-state index contributed by atoms with van der Waals surface area (Å²) in [5, 5.41) is 11.2. The number of phenolic OH excluding ortho intramolecular Hbond substituents is 1. The summed E-state index contributed by atoms with van der Waals surface area (Å²) in [5.74, 6) is -0.415. The fraction of sp³-hybridized carbons (Fsp3) is 0.382. The van der Waals surface area contributed by atoms with E-state index in [0.29, 0.717) is 42.3 Å². The largest absolute Gasteiger partial charge is 0.507 e. The second-order valence-corrected chi connectivity index (χ2v) is 11.9. The number of rotatable bonds is 9. The van der Waals surface area contributed by atoms with Gasteiger partial charge in [0.05, 0.1) is 36.4 Å². The van der Waals surface area contributed by atoms with Crippen molar-refractivity contribution >= 4 is 29.7 Å². The third-order valence-electron chi connectivity index (χ3n) is 6.57. The van der Waals surface area contributed by atoms with Gasteiger partial charge in [0.2, 0.25) is 0 Å². The van der Waals surface area contributed by atoms with Crippen molar-refractivity contribution in [2.75, 3.05) is 18.1 Å². The first-order valence-electron chi connectivity index (χ1n) is 14.0. The molecule has 0 bridgehead atoms. The number of aliphatic imine (C=N–C) groups is 1. The second kappa shape index (κ2) is 13.0. The smallest absolute Gasteiger partial charge is 0.338 e. The van der Waals surface area contributed by atoms with Crippen LogP contribution in [0.2, 0.25) is 0 Å². The van der Waals surface area contributed by atoms with Gasteiger partial charge in [0.1, 0.15) is 5.75 Å². The van der Waals surface area contributed by atoms with Crippen molar-refractivity contribution in [2.24, 2.45) is 4.99 Å². The molecule has 0 spiro atoms.